The van der Waals surface area contributed by atoms with Crippen molar-refractivity contribution in [3.8, 4) is 11.6 Å². The van der Waals surface area contributed by atoms with Crippen molar-refractivity contribution in [1.29, 1.82) is 0 Å². The number of carbonyl (C=O) groups is 1. The Kier molecular flexibility index (Phi) is 3.90. The molecule has 0 aliphatic rings. The Hall–Kier alpha value is -2.96. The van der Waals surface area contributed by atoms with Gasteiger partial charge >= 0.3 is 5.69 Å². The third-order valence-electron chi connectivity index (χ3n) is 2.49. The number of carbonyl (C=O) groups excluding carboxylic acids is 1. The molecular formula is C13H11N3O4. The molecule has 0 saturated carbocycles. The lowest BCUT2D eigenvalue weighted by Crippen LogP contribution is -2.17. The second kappa shape index (κ2) is 5.79. The van der Waals surface area contributed by atoms with Crippen molar-refractivity contribution in [2.45, 2.75) is 0 Å². The van der Waals surface area contributed by atoms with E-state index in [4.69, 9.17) is 4.74 Å². The number of hydrogen-bond acceptors (Lipinski definition) is 5. The van der Waals surface area contributed by atoms with Gasteiger partial charge in [0.25, 0.3) is 11.8 Å². The van der Waals surface area contributed by atoms with E-state index in [1.54, 1.807) is 18.2 Å². The molecule has 1 N–H and O–H groups in total. The van der Waals surface area contributed by atoms with Gasteiger partial charge in [0.1, 0.15) is 5.75 Å². The van der Waals surface area contributed by atoms with Crippen LogP contribution in [0.25, 0.3) is 0 Å². The van der Waals surface area contributed by atoms with Crippen molar-refractivity contribution < 1.29 is 14.5 Å². The van der Waals surface area contributed by atoms with E-state index in [0.717, 1.165) is 0 Å². The first-order valence-corrected chi connectivity index (χ1v) is 5.71. The summed E-state index contributed by atoms with van der Waals surface area (Å²) in [7, 11) is 1.51. The number of aromatic nitrogens is 1. The van der Waals surface area contributed by atoms with Crippen LogP contribution in [0.2, 0.25) is 0 Å². The maximum atomic E-state index is 11.5. The highest BCUT2D eigenvalue weighted by atomic mass is 16.6. The maximum Gasteiger partial charge on any atom is 0.331 e. The predicted octanol–water partition coefficient (Wildman–Crippen LogP) is 2.14. The zero-order valence-corrected chi connectivity index (χ0v) is 10.6. The standard InChI is InChI=1S/C13H11N3O4/c1-14-12(17)9-4-2-5-10(8-9)20-13-11(16(18)19)6-3-7-15-13/h2-8H,1H3,(H,14,17). The van der Waals surface area contributed by atoms with Gasteiger partial charge in [-0.1, -0.05) is 6.07 Å². The summed E-state index contributed by atoms with van der Waals surface area (Å²) in [5.41, 5.74) is 0.154. The first kappa shape index (κ1) is 13.5. The Morgan fingerprint density at radius 1 is 1.35 bits per heavy atom. The smallest absolute Gasteiger partial charge is 0.331 e. The van der Waals surface area contributed by atoms with E-state index in [0.29, 0.717) is 11.3 Å². The van der Waals surface area contributed by atoms with Crippen molar-refractivity contribution in [3.05, 3.63) is 58.3 Å². The minimum Gasteiger partial charge on any atom is -0.434 e. The molecule has 0 bridgehead atoms. The average molecular weight is 273 g/mol. The lowest BCUT2D eigenvalue weighted by molar-refractivity contribution is -0.386. The molecule has 1 heterocycles. The first-order valence-electron chi connectivity index (χ1n) is 5.71. The van der Waals surface area contributed by atoms with Gasteiger partial charge in [-0.2, -0.15) is 0 Å². The number of nitrogens with zero attached hydrogens (tertiary/aromatic N) is 2. The molecule has 1 aromatic carbocycles. The van der Waals surface area contributed by atoms with Gasteiger partial charge in [-0.05, 0) is 24.3 Å². The minimum atomic E-state index is -0.578. The van der Waals surface area contributed by atoms with Crippen LogP contribution >= 0.6 is 0 Å². The zero-order valence-electron chi connectivity index (χ0n) is 10.6. The summed E-state index contributed by atoms with van der Waals surface area (Å²) in [4.78, 5) is 25.6. The number of rotatable bonds is 4. The van der Waals surface area contributed by atoms with Crippen molar-refractivity contribution >= 4 is 11.6 Å². The SMILES string of the molecule is CNC(=O)c1cccc(Oc2ncccc2[N+](=O)[O-])c1. The summed E-state index contributed by atoms with van der Waals surface area (Å²) in [6, 6.07) is 9.05. The summed E-state index contributed by atoms with van der Waals surface area (Å²) in [5, 5.41) is 13.3. The highest BCUT2D eigenvalue weighted by Gasteiger charge is 2.16. The third-order valence-corrected chi connectivity index (χ3v) is 2.49. The summed E-state index contributed by atoms with van der Waals surface area (Å²) in [6.07, 6.45) is 1.39. The van der Waals surface area contributed by atoms with Gasteiger partial charge in [0, 0.05) is 24.9 Å². The number of benzene rings is 1. The van der Waals surface area contributed by atoms with Crippen LogP contribution in [0, 0.1) is 10.1 Å². The average Bonchev–Trinajstić information content (AvgIpc) is 2.47. The fraction of sp³-hybridized carbons (Fsp3) is 0.0769. The molecule has 0 aliphatic carbocycles. The third kappa shape index (κ3) is 2.89. The molecular weight excluding hydrogens is 262 g/mol. The molecule has 102 valence electrons. The van der Waals surface area contributed by atoms with Crippen LogP contribution in [0.3, 0.4) is 0 Å². The van der Waals surface area contributed by atoms with E-state index in [1.807, 2.05) is 0 Å². The van der Waals surface area contributed by atoms with E-state index in [1.165, 1.54) is 31.4 Å². The van der Waals surface area contributed by atoms with E-state index in [9.17, 15) is 14.9 Å². The van der Waals surface area contributed by atoms with E-state index in [-0.39, 0.29) is 17.5 Å². The quantitative estimate of drug-likeness (QED) is 0.680. The molecule has 0 radical (unpaired) electrons. The predicted molar refractivity (Wildman–Crippen MR) is 70.8 cm³/mol. The number of pyridine rings is 1. The van der Waals surface area contributed by atoms with Crippen molar-refractivity contribution in [3.63, 3.8) is 0 Å². The molecule has 0 atom stereocenters. The zero-order chi connectivity index (χ0) is 14.5. The first-order chi connectivity index (χ1) is 9.61. The fourth-order valence-corrected chi connectivity index (χ4v) is 1.56. The summed E-state index contributed by atoms with van der Waals surface area (Å²) in [5.74, 6) is -0.0922. The minimum absolute atomic E-state index is 0.119. The van der Waals surface area contributed by atoms with Crippen LogP contribution in [0.15, 0.2) is 42.6 Å². The van der Waals surface area contributed by atoms with E-state index in [2.05, 4.69) is 10.3 Å². The topological polar surface area (TPSA) is 94.4 Å². The van der Waals surface area contributed by atoms with Gasteiger partial charge in [0.2, 0.25) is 0 Å². The number of nitrogens with one attached hydrogen (secondary N) is 1. The lowest BCUT2D eigenvalue weighted by atomic mass is 10.2. The van der Waals surface area contributed by atoms with Crippen LogP contribution < -0.4 is 10.1 Å². The van der Waals surface area contributed by atoms with Crippen molar-refractivity contribution in [2.75, 3.05) is 7.05 Å². The molecule has 0 aliphatic heterocycles. The van der Waals surface area contributed by atoms with Crippen LogP contribution in [0.1, 0.15) is 10.4 Å². The molecule has 2 rings (SSSR count). The van der Waals surface area contributed by atoms with Gasteiger partial charge in [-0.3, -0.25) is 14.9 Å². The van der Waals surface area contributed by atoms with Crippen LogP contribution in [-0.2, 0) is 0 Å². The number of amides is 1. The molecule has 7 heteroatoms. The molecule has 2 aromatic rings. The Balaban J connectivity index is 2.31. The van der Waals surface area contributed by atoms with Gasteiger partial charge in [-0.15, -0.1) is 0 Å². The molecule has 0 fully saturated rings. The van der Waals surface area contributed by atoms with Crippen LogP contribution in [-0.4, -0.2) is 22.9 Å². The van der Waals surface area contributed by atoms with E-state index >= 15 is 0 Å². The molecule has 20 heavy (non-hydrogen) atoms. The molecule has 0 saturated heterocycles. The van der Waals surface area contributed by atoms with Crippen molar-refractivity contribution in [1.82, 2.24) is 10.3 Å². The van der Waals surface area contributed by atoms with Crippen LogP contribution in [0.5, 0.6) is 11.6 Å². The van der Waals surface area contributed by atoms with Gasteiger partial charge < -0.3 is 10.1 Å². The Morgan fingerprint density at radius 3 is 2.85 bits per heavy atom. The Morgan fingerprint density at radius 2 is 2.15 bits per heavy atom. The maximum absolute atomic E-state index is 11.5. The number of nitro groups is 1. The summed E-state index contributed by atoms with van der Waals surface area (Å²) < 4.78 is 5.37. The lowest BCUT2D eigenvalue weighted by Gasteiger charge is -2.06. The second-order valence-corrected chi connectivity index (χ2v) is 3.79. The normalized spacial score (nSPS) is 9.85. The van der Waals surface area contributed by atoms with Gasteiger partial charge in [0.05, 0.1) is 4.92 Å². The van der Waals surface area contributed by atoms with Crippen LogP contribution in [0.4, 0.5) is 5.69 Å². The van der Waals surface area contributed by atoms with E-state index < -0.39 is 4.92 Å². The molecule has 0 spiro atoms. The van der Waals surface area contributed by atoms with Gasteiger partial charge in [0.15, 0.2) is 0 Å². The molecule has 1 amide bonds. The second-order valence-electron chi connectivity index (χ2n) is 3.79. The van der Waals surface area contributed by atoms with Crippen molar-refractivity contribution in [2.24, 2.45) is 0 Å². The molecule has 0 unspecified atom stereocenters. The highest BCUT2D eigenvalue weighted by molar-refractivity contribution is 5.94. The molecule has 1 aromatic heterocycles. The number of hydrogen-bond donors (Lipinski definition) is 1. The largest absolute Gasteiger partial charge is 0.434 e. The number of ether oxygens (including phenoxy) is 1. The fourth-order valence-electron chi connectivity index (χ4n) is 1.56. The summed E-state index contributed by atoms with van der Waals surface area (Å²) in [6.45, 7) is 0. The summed E-state index contributed by atoms with van der Waals surface area (Å²) >= 11 is 0. The molecule has 7 nitrogen and oxygen atoms in total. The Labute approximate surface area is 114 Å². The highest BCUT2D eigenvalue weighted by Crippen LogP contribution is 2.28. The van der Waals surface area contributed by atoms with Gasteiger partial charge in [-0.25, -0.2) is 4.98 Å². The monoisotopic (exact) mass is 273 g/mol. The Bertz CT molecular complexity index is 658.